The molecule has 6 nitrogen and oxygen atoms in total. The number of ether oxygens (including phenoxy) is 1. The molecule has 23 heavy (non-hydrogen) atoms. The van der Waals surface area contributed by atoms with Crippen LogP contribution in [0.3, 0.4) is 0 Å². The number of fused-ring (bicyclic) bond motifs is 1. The van der Waals surface area contributed by atoms with E-state index in [1.807, 2.05) is 42.1 Å². The van der Waals surface area contributed by atoms with Gasteiger partial charge in [0.15, 0.2) is 0 Å². The zero-order valence-corrected chi connectivity index (χ0v) is 13.5. The highest BCUT2D eigenvalue weighted by atomic mass is 32.1. The minimum absolute atomic E-state index is 0.0238. The van der Waals surface area contributed by atoms with Crippen LogP contribution in [0.5, 0.6) is 0 Å². The van der Waals surface area contributed by atoms with E-state index in [9.17, 15) is 4.79 Å². The lowest BCUT2D eigenvalue weighted by Gasteiger charge is -2.04. The molecule has 0 unspecified atom stereocenters. The van der Waals surface area contributed by atoms with Gasteiger partial charge in [-0.3, -0.25) is 10.1 Å². The first-order valence-corrected chi connectivity index (χ1v) is 8.34. The van der Waals surface area contributed by atoms with Gasteiger partial charge in [0.05, 0.1) is 0 Å². The number of nitrogens with one attached hydrogen (secondary N) is 1. The van der Waals surface area contributed by atoms with Crippen LogP contribution in [-0.4, -0.2) is 27.3 Å². The number of amides is 1. The summed E-state index contributed by atoms with van der Waals surface area (Å²) in [4.78, 5) is 12.6. The van der Waals surface area contributed by atoms with Crippen LogP contribution < -0.4 is 5.32 Å². The largest absolute Gasteiger partial charge is 0.371 e. The fourth-order valence-electron chi connectivity index (χ4n) is 2.85. The summed E-state index contributed by atoms with van der Waals surface area (Å²) in [5, 5.41) is 13.3. The van der Waals surface area contributed by atoms with Crippen molar-refractivity contribution >= 4 is 33.3 Å². The van der Waals surface area contributed by atoms with Crippen molar-refractivity contribution in [1.29, 1.82) is 0 Å². The zero-order chi connectivity index (χ0) is 15.8. The van der Waals surface area contributed by atoms with Crippen LogP contribution in [0.1, 0.15) is 34.3 Å². The van der Waals surface area contributed by atoms with Gasteiger partial charge in [-0.15, -0.1) is 10.2 Å². The summed E-state index contributed by atoms with van der Waals surface area (Å²) in [5.74, 6) is -0.170. The van der Waals surface area contributed by atoms with Crippen molar-refractivity contribution in [1.82, 2.24) is 14.8 Å². The molecule has 3 aromatic rings. The first-order valence-electron chi connectivity index (χ1n) is 7.53. The minimum atomic E-state index is -0.170. The number of aromatic nitrogens is 3. The van der Waals surface area contributed by atoms with E-state index in [1.165, 1.54) is 11.3 Å². The molecule has 0 radical (unpaired) electrons. The second-order valence-corrected chi connectivity index (χ2v) is 6.58. The van der Waals surface area contributed by atoms with Crippen molar-refractivity contribution in [2.24, 2.45) is 7.05 Å². The molecule has 118 valence electrons. The van der Waals surface area contributed by atoms with Gasteiger partial charge in [-0.05, 0) is 31.0 Å². The Morgan fingerprint density at radius 1 is 1.39 bits per heavy atom. The van der Waals surface area contributed by atoms with Gasteiger partial charge < -0.3 is 9.30 Å². The molecule has 0 saturated carbocycles. The number of nitrogens with zero attached hydrogens (tertiary/aromatic N) is 3. The van der Waals surface area contributed by atoms with Crippen molar-refractivity contribution in [2.75, 3.05) is 11.9 Å². The molecule has 1 saturated heterocycles. The SMILES string of the molecule is Cn1ccc2c(C(=O)Nc3nnc([C@H]4CCCO4)s3)cccc21. The number of aryl methyl sites for hydroxylation is 1. The molecular weight excluding hydrogens is 312 g/mol. The Hall–Kier alpha value is -2.25. The molecule has 0 spiro atoms. The normalized spacial score (nSPS) is 17.7. The molecule has 4 rings (SSSR count). The lowest BCUT2D eigenvalue weighted by atomic mass is 10.1. The number of hydrogen-bond acceptors (Lipinski definition) is 5. The number of carbonyl (C=O) groups is 1. The summed E-state index contributed by atoms with van der Waals surface area (Å²) < 4.78 is 7.59. The predicted molar refractivity (Wildman–Crippen MR) is 88.7 cm³/mol. The van der Waals surface area contributed by atoms with E-state index in [2.05, 4.69) is 15.5 Å². The number of benzene rings is 1. The average molecular weight is 328 g/mol. The second-order valence-electron chi connectivity index (χ2n) is 5.57. The van der Waals surface area contributed by atoms with E-state index >= 15 is 0 Å². The fraction of sp³-hybridized carbons (Fsp3) is 0.312. The van der Waals surface area contributed by atoms with E-state index in [0.29, 0.717) is 10.7 Å². The van der Waals surface area contributed by atoms with Crippen LogP contribution in [0.4, 0.5) is 5.13 Å². The van der Waals surface area contributed by atoms with E-state index in [-0.39, 0.29) is 12.0 Å². The lowest BCUT2D eigenvalue weighted by Crippen LogP contribution is -2.12. The molecule has 1 N–H and O–H groups in total. The monoisotopic (exact) mass is 328 g/mol. The maximum atomic E-state index is 12.6. The van der Waals surface area contributed by atoms with E-state index in [0.717, 1.165) is 35.4 Å². The third kappa shape index (κ3) is 2.62. The Balaban J connectivity index is 1.57. The maximum absolute atomic E-state index is 12.6. The highest BCUT2D eigenvalue weighted by Gasteiger charge is 2.22. The Bertz CT molecular complexity index is 864. The van der Waals surface area contributed by atoms with Gasteiger partial charge in [-0.25, -0.2) is 0 Å². The summed E-state index contributed by atoms with van der Waals surface area (Å²) in [6, 6.07) is 7.64. The maximum Gasteiger partial charge on any atom is 0.258 e. The first-order chi connectivity index (χ1) is 11.2. The van der Waals surface area contributed by atoms with Crippen LogP contribution >= 0.6 is 11.3 Å². The minimum Gasteiger partial charge on any atom is -0.371 e. The van der Waals surface area contributed by atoms with Crippen molar-refractivity contribution in [2.45, 2.75) is 18.9 Å². The Morgan fingerprint density at radius 3 is 3.13 bits per heavy atom. The fourth-order valence-corrected chi connectivity index (χ4v) is 3.67. The number of carbonyl (C=O) groups excluding carboxylic acids is 1. The zero-order valence-electron chi connectivity index (χ0n) is 12.7. The Morgan fingerprint density at radius 2 is 2.30 bits per heavy atom. The van der Waals surface area contributed by atoms with Crippen LogP contribution in [0.15, 0.2) is 30.5 Å². The highest BCUT2D eigenvalue weighted by molar-refractivity contribution is 7.15. The van der Waals surface area contributed by atoms with Crippen LogP contribution in [0.2, 0.25) is 0 Å². The molecule has 3 heterocycles. The van der Waals surface area contributed by atoms with Crippen LogP contribution in [0, 0.1) is 0 Å². The predicted octanol–water partition coefficient (Wildman–Crippen LogP) is 3.13. The molecule has 1 aliphatic heterocycles. The topological polar surface area (TPSA) is 69.0 Å². The quantitative estimate of drug-likeness (QED) is 0.802. The number of anilines is 1. The van der Waals surface area contributed by atoms with Crippen molar-refractivity contribution in [3.05, 3.63) is 41.0 Å². The van der Waals surface area contributed by atoms with Crippen molar-refractivity contribution in [3.8, 4) is 0 Å². The Labute approximate surface area is 137 Å². The highest BCUT2D eigenvalue weighted by Crippen LogP contribution is 2.32. The van der Waals surface area contributed by atoms with Gasteiger partial charge >= 0.3 is 0 Å². The van der Waals surface area contributed by atoms with E-state index in [1.54, 1.807) is 0 Å². The first kappa shape index (κ1) is 14.3. The molecule has 2 aromatic heterocycles. The number of rotatable bonds is 3. The molecular formula is C16H16N4O2S. The van der Waals surface area contributed by atoms with Gasteiger partial charge in [-0.2, -0.15) is 0 Å². The molecule has 0 aliphatic carbocycles. The average Bonchev–Trinajstić information content (AvgIpc) is 3.28. The van der Waals surface area contributed by atoms with Gasteiger partial charge in [-0.1, -0.05) is 17.4 Å². The summed E-state index contributed by atoms with van der Waals surface area (Å²) in [5.41, 5.74) is 1.66. The van der Waals surface area contributed by atoms with E-state index < -0.39 is 0 Å². The molecule has 1 aromatic carbocycles. The van der Waals surface area contributed by atoms with Gasteiger partial charge in [0.1, 0.15) is 11.1 Å². The summed E-state index contributed by atoms with van der Waals surface area (Å²) in [6.07, 6.45) is 3.98. The third-order valence-electron chi connectivity index (χ3n) is 4.04. The summed E-state index contributed by atoms with van der Waals surface area (Å²) in [6.45, 7) is 0.766. The standard InChI is InChI=1S/C16H16N4O2S/c1-20-8-7-10-11(4-2-5-12(10)20)14(21)17-16-19-18-15(23-16)13-6-3-9-22-13/h2,4-5,7-8,13H,3,6,9H2,1H3,(H,17,19,21)/t13-/m1/s1. The van der Waals surface area contributed by atoms with Crippen molar-refractivity contribution < 1.29 is 9.53 Å². The number of hydrogen-bond donors (Lipinski definition) is 1. The smallest absolute Gasteiger partial charge is 0.258 e. The molecule has 0 bridgehead atoms. The Kier molecular flexibility index (Phi) is 3.59. The second kappa shape index (κ2) is 5.75. The van der Waals surface area contributed by atoms with Gasteiger partial charge in [0.25, 0.3) is 5.91 Å². The van der Waals surface area contributed by atoms with E-state index in [4.69, 9.17) is 4.74 Å². The molecule has 7 heteroatoms. The van der Waals surface area contributed by atoms with Gasteiger partial charge in [0, 0.05) is 36.3 Å². The molecule has 1 fully saturated rings. The van der Waals surface area contributed by atoms with Crippen LogP contribution in [-0.2, 0) is 11.8 Å². The van der Waals surface area contributed by atoms with Crippen molar-refractivity contribution in [3.63, 3.8) is 0 Å². The lowest BCUT2D eigenvalue weighted by molar-refractivity contribution is 0.102. The molecule has 1 atom stereocenters. The van der Waals surface area contributed by atoms with Crippen LogP contribution in [0.25, 0.3) is 10.9 Å². The molecule has 1 aliphatic rings. The van der Waals surface area contributed by atoms with Gasteiger partial charge in [0.2, 0.25) is 5.13 Å². The third-order valence-corrected chi connectivity index (χ3v) is 4.97. The summed E-state index contributed by atoms with van der Waals surface area (Å²) in [7, 11) is 1.96. The summed E-state index contributed by atoms with van der Waals surface area (Å²) >= 11 is 1.38. The molecule has 1 amide bonds.